The summed E-state index contributed by atoms with van der Waals surface area (Å²) >= 11 is 3.33. The summed E-state index contributed by atoms with van der Waals surface area (Å²) in [4.78, 5) is 16.0. The predicted octanol–water partition coefficient (Wildman–Crippen LogP) is 3.69. The Morgan fingerprint density at radius 3 is 2.69 bits per heavy atom. The number of aromatic nitrogens is 3. The molecule has 1 unspecified atom stereocenters. The Kier molecular flexibility index (Phi) is 5.68. The maximum Gasteiger partial charge on any atom is 0.282 e. The highest BCUT2D eigenvalue weighted by Gasteiger charge is 2.11. The van der Waals surface area contributed by atoms with Crippen LogP contribution in [0.4, 0.5) is 5.69 Å². The van der Waals surface area contributed by atoms with E-state index in [-0.39, 0.29) is 11.6 Å². The zero-order chi connectivity index (χ0) is 18.5. The van der Waals surface area contributed by atoms with Gasteiger partial charge in [0.2, 0.25) is 0 Å². The lowest BCUT2D eigenvalue weighted by Crippen LogP contribution is -2.22. The summed E-state index contributed by atoms with van der Waals surface area (Å²) < 4.78 is 7.53. The van der Waals surface area contributed by atoms with Crippen molar-refractivity contribution in [3.8, 4) is 5.75 Å². The number of nitrogens with one attached hydrogen (secondary N) is 1. The number of aryl methyl sites for hydroxylation is 1. The van der Waals surface area contributed by atoms with Gasteiger partial charge in [0, 0.05) is 31.0 Å². The first-order valence-electron chi connectivity index (χ1n) is 8.14. The number of hydrogen-bond donors (Lipinski definition) is 1. The van der Waals surface area contributed by atoms with E-state index in [0.717, 1.165) is 16.9 Å². The van der Waals surface area contributed by atoms with Crippen molar-refractivity contribution in [2.24, 2.45) is 7.05 Å². The molecular formula is C19H19BrN4O2. The Labute approximate surface area is 160 Å². The van der Waals surface area contributed by atoms with E-state index in [9.17, 15) is 4.79 Å². The number of pyridine rings is 1. The topological polar surface area (TPSA) is 69.0 Å². The van der Waals surface area contributed by atoms with Crippen LogP contribution in [0.25, 0.3) is 0 Å². The Balaban J connectivity index is 1.64. The average Bonchev–Trinajstić information content (AvgIpc) is 2.68. The molecule has 2 aromatic heterocycles. The summed E-state index contributed by atoms with van der Waals surface area (Å²) in [5.74, 6) is 0.793. The van der Waals surface area contributed by atoms with Gasteiger partial charge in [0.25, 0.3) is 5.56 Å². The van der Waals surface area contributed by atoms with Gasteiger partial charge in [0.15, 0.2) is 0 Å². The normalized spacial score (nSPS) is 11.8. The largest absolute Gasteiger partial charge is 0.489 e. The van der Waals surface area contributed by atoms with E-state index in [1.165, 1.54) is 4.68 Å². The third kappa shape index (κ3) is 4.29. The molecule has 0 amide bonds. The molecule has 0 saturated carbocycles. The van der Waals surface area contributed by atoms with Crippen LogP contribution in [0.5, 0.6) is 5.75 Å². The van der Waals surface area contributed by atoms with E-state index in [1.807, 2.05) is 43.3 Å². The number of ether oxygens (including phenoxy) is 1. The second kappa shape index (κ2) is 8.14. The fraction of sp³-hybridized carbons (Fsp3) is 0.211. The van der Waals surface area contributed by atoms with Crippen molar-refractivity contribution >= 4 is 21.6 Å². The molecule has 1 N–H and O–H groups in total. The minimum absolute atomic E-state index is 0.00702. The number of benzene rings is 1. The van der Waals surface area contributed by atoms with Gasteiger partial charge in [-0.15, -0.1) is 0 Å². The molecule has 3 aromatic rings. The quantitative estimate of drug-likeness (QED) is 0.665. The Hall–Kier alpha value is -2.67. The van der Waals surface area contributed by atoms with Crippen LogP contribution in [0.2, 0.25) is 0 Å². The number of halogens is 1. The van der Waals surface area contributed by atoms with Crippen molar-refractivity contribution in [3.63, 3.8) is 0 Å². The number of rotatable bonds is 6. The van der Waals surface area contributed by atoms with Gasteiger partial charge >= 0.3 is 0 Å². The average molecular weight is 415 g/mol. The van der Waals surface area contributed by atoms with Crippen LogP contribution in [-0.2, 0) is 13.7 Å². The summed E-state index contributed by atoms with van der Waals surface area (Å²) in [5.41, 5.74) is 2.58. The molecule has 1 aromatic carbocycles. The van der Waals surface area contributed by atoms with Gasteiger partial charge in [-0.2, -0.15) is 5.10 Å². The summed E-state index contributed by atoms with van der Waals surface area (Å²) in [6, 6.07) is 11.7. The second-order valence-corrected chi connectivity index (χ2v) is 6.68. The molecule has 134 valence electrons. The fourth-order valence-electron chi connectivity index (χ4n) is 2.43. The first-order chi connectivity index (χ1) is 12.5. The summed E-state index contributed by atoms with van der Waals surface area (Å²) in [6.45, 7) is 2.50. The molecule has 1 atom stereocenters. The van der Waals surface area contributed by atoms with Crippen LogP contribution < -0.4 is 15.6 Å². The van der Waals surface area contributed by atoms with Crippen molar-refractivity contribution in [2.45, 2.75) is 19.6 Å². The van der Waals surface area contributed by atoms with Crippen LogP contribution >= 0.6 is 15.9 Å². The lowest BCUT2D eigenvalue weighted by Gasteiger charge is -2.17. The zero-order valence-electron chi connectivity index (χ0n) is 14.5. The van der Waals surface area contributed by atoms with Gasteiger partial charge in [-0.05, 0) is 46.6 Å². The SMILES string of the molecule is CC(Nc1cnn(C)c(=O)c1Br)c1ccc(OCc2cccnc2)cc1. The second-order valence-electron chi connectivity index (χ2n) is 5.89. The number of hydrogen-bond acceptors (Lipinski definition) is 5. The molecule has 6 nitrogen and oxygen atoms in total. The van der Waals surface area contributed by atoms with Crippen LogP contribution in [0.3, 0.4) is 0 Å². The van der Waals surface area contributed by atoms with Crippen LogP contribution in [0.1, 0.15) is 24.1 Å². The maximum absolute atomic E-state index is 11.9. The molecule has 0 bridgehead atoms. The van der Waals surface area contributed by atoms with E-state index in [2.05, 4.69) is 31.3 Å². The number of anilines is 1. The van der Waals surface area contributed by atoms with Crippen molar-refractivity contribution in [1.29, 1.82) is 0 Å². The van der Waals surface area contributed by atoms with Gasteiger partial charge < -0.3 is 10.1 Å². The number of nitrogens with zero attached hydrogens (tertiary/aromatic N) is 3. The maximum atomic E-state index is 11.9. The molecule has 3 rings (SSSR count). The zero-order valence-corrected chi connectivity index (χ0v) is 16.1. The van der Waals surface area contributed by atoms with Gasteiger partial charge in [-0.1, -0.05) is 18.2 Å². The molecule has 2 heterocycles. The monoisotopic (exact) mass is 414 g/mol. The van der Waals surface area contributed by atoms with Crippen molar-refractivity contribution in [2.75, 3.05) is 5.32 Å². The van der Waals surface area contributed by atoms with Gasteiger partial charge in [-0.3, -0.25) is 9.78 Å². The fourth-order valence-corrected chi connectivity index (χ4v) is 2.90. The molecule has 26 heavy (non-hydrogen) atoms. The lowest BCUT2D eigenvalue weighted by atomic mass is 10.1. The van der Waals surface area contributed by atoms with E-state index in [0.29, 0.717) is 16.8 Å². The minimum Gasteiger partial charge on any atom is -0.489 e. The van der Waals surface area contributed by atoms with E-state index in [4.69, 9.17) is 4.74 Å². The summed E-state index contributed by atoms with van der Waals surface area (Å²) in [7, 11) is 1.62. The molecular weight excluding hydrogens is 396 g/mol. The summed E-state index contributed by atoms with van der Waals surface area (Å²) in [5, 5.41) is 7.34. The molecule has 0 saturated heterocycles. The highest BCUT2D eigenvalue weighted by Crippen LogP contribution is 2.24. The first kappa shape index (κ1) is 18.1. The van der Waals surface area contributed by atoms with Crippen molar-refractivity contribution in [1.82, 2.24) is 14.8 Å². The van der Waals surface area contributed by atoms with Crippen LogP contribution in [0, 0.1) is 0 Å². The standard InChI is InChI=1S/C19H19BrN4O2/c1-13(23-17-11-22-24(2)19(25)18(17)20)15-5-7-16(8-6-15)26-12-14-4-3-9-21-10-14/h3-11,13,23H,12H2,1-2H3. The van der Waals surface area contributed by atoms with E-state index in [1.54, 1.807) is 25.6 Å². The van der Waals surface area contributed by atoms with Gasteiger partial charge in [0.1, 0.15) is 16.8 Å². The smallest absolute Gasteiger partial charge is 0.282 e. The minimum atomic E-state index is -0.179. The van der Waals surface area contributed by atoms with Gasteiger partial charge in [-0.25, -0.2) is 4.68 Å². The molecule has 0 aliphatic carbocycles. The molecule has 0 fully saturated rings. The molecule has 7 heteroatoms. The Morgan fingerprint density at radius 2 is 2.00 bits per heavy atom. The molecule has 0 radical (unpaired) electrons. The lowest BCUT2D eigenvalue weighted by molar-refractivity contribution is 0.305. The molecule has 0 aliphatic heterocycles. The highest BCUT2D eigenvalue weighted by molar-refractivity contribution is 9.10. The van der Waals surface area contributed by atoms with E-state index >= 15 is 0 Å². The predicted molar refractivity (Wildman–Crippen MR) is 104 cm³/mol. The molecule has 0 aliphatic rings. The Bertz CT molecular complexity index is 927. The summed E-state index contributed by atoms with van der Waals surface area (Å²) in [6.07, 6.45) is 5.16. The molecule has 0 spiro atoms. The third-order valence-electron chi connectivity index (χ3n) is 3.96. The van der Waals surface area contributed by atoms with Crippen molar-refractivity contribution < 1.29 is 4.74 Å². The highest BCUT2D eigenvalue weighted by atomic mass is 79.9. The third-order valence-corrected chi connectivity index (χ3v) is 4.72. The van der Waals surface area contributed by atoms with Crippen molar-refractivity contribution in [3.05, 3.63) is 80.9 Å². The van der Waals surface area contributed by atoms with Gasteiger partial charge in [0.05, 0.1) is 11.9 Å². The van der Waals surface area contributed by atoms with Crippen LogP contribution in [-0.4, -0.2) is 14.8 Å². The van der Waals surface area contributed by atoms with E-state index < -0.39 is 0 Å². The van der Waals surface area contributed by atoms with Crippen LogP contribution in [0.15, 0.2) is 64.3 Å². The first-order valence-corrected chi connectivity index (χ1v) is 8.94. The Morgan fingerprint density at radius 1 is 1.23 bits per heavy atom.